The van der Waals surface area contributed by atoms with E-state index < -0.39 is 14.9 Å². The molecule has 0 bridgehead atoms. The number of aryl methyl sites for hydroxylation is 2. The number of nitro benzene ring substituents is 1. The first-order chi connectivity index (χ1) is 13.4. The molecule has 0 radical (unpaired) electrons. The van der Waals surface area contributed by atoms with Crippen molar-refractivity contribution in [3.63, 3.8) is 0 Å². The minimum Gasteiger partial charge on any atom is -0.265 e. The van der Waals surface area contributed by atoms with Gasteiger partial charge in [0.05, 0.1) is 20.5 Å². The number of pyridine rings is 1. The maximum Gasteiger partial charge on any atom is 0.269 e. The van der Waals surface area contributed by atoms with Crippen molar-refractivity contribution < 1.29 is 13.3 Å². The Morgan fingerprint density at radius 3 is 2.64 bits per heavy atom. The summed E-state index contributed by atoms with van der Waals surface area (Å²) in [6.07, 6.45) is 4.67. The number of hydrogen-bond acceptors (Lipinski definition) is 7. The number of rotatable bonds is 8. The molecule has 0 fully saturated rings. The highest BCUT2D eigenvalue weighted by atomic mass is 32.2. The maximum atomic E-state index is 12.4. The first-order valence-corrected chi connectivity index (χ1v) is 10.8. The predicted octanol–water partition coefficient (Wildman–Crippen LogP) is 3.33. The van der Waals surface area contributed by atoms with Crippen molar-refractivity contribution in [3.8, 4) is 11.3 Å². The molecule has 3 aromatic rings. The van der Waals surface area contributed by atoms with E-state index >= 15 is 0 Å². The SMILES string of the molecule is Cc1cc([N+](=O)[O-])ccc1S(=O)(=O)NCCCc1nc(-c2ccncc2)cs1. The summed E-state index contributed by atoms with van der Waals surface area (Å²) in [5, 5.41) is 13.7. The lowest BCUT2D eigenvalue weighted by molar-refractivity contribution is -0.385. The number of nitrogens with zero attached hydrogens (tertiary/aromatic N) is 3. The van der Waals surface area contributed by atoms with E-state index in [-0.39, 0.29) is 17.1 Å². The number of benzene rings is 1. The fourth-order valence-electron chi connectivity index (χ4n) is 2.65. The van der Waals surface area contributed by atoms with Gasteiger partial charge in [0, 0.05) is 48.4 Å². The highest BCUT2D eigenvalue weighted by molar-refractivity contribution is 7.89. The van der Waals surface area contributed by atoms with Crippen LogP contribution in [0.2, 0.25) is 0 Å². The lowest BCUT2D eigenvalue weighted by Gasteiger charge is -2.08. The van der Waals surface area contributed by atoms with E-state index in [0.29, 0.717) is 18.4 Å². The molecule has 1 N–H and O–H groups in total. The van der Waals surface area contributed by atoms with Gasteiger partial charge in [-0.2, -0.15) is 0 Å². The van der Waals surface area contributed by atoms with E-state index in [4.69, 9.17) is 0 Å². The highest BCUT2D eigenvalue weighted by Crippen LogP contribution is 2.23. The molecule has 2 heterocycles. The third-order valence-corrected chi connectivity index (χ3v) is 6.58. The summed E-state index contributed by atoms with van der Waals surface area (Å²) < 4.78 is 27.4. The number of thiazole rings is 1. The molecule has 146 valence electrons. The lowest BCUT2D eigenvalue weighted by atomic mass is 10.2. The van der Waals surface area contributed by atoms with E-state index in [1.807, 2.05) is 17.5 Å². The van der Waals surface area contributed by atoms with Gasteiger partial charge >= 0.3 is 0 Å². The molecule has 2 aromatic heterocycles. The summed E-state index contributed by atoms with van der Waals surface area (Å²) in [7, 11) is -3.72. The highest BCUT2D eigenvalue weighted by Gasteiger charge is 2.18. The van der Waals surface area contributed by atoms with Crippen LogP contribution in [0.4, 0.5) is 5.69 Å². The first-order valence-electron chi connectivity index (χ1n) is 8.46. The minimum absolute atomic E-state index is 0.0484. The van der Waals surface area contributed by atoms with Gasteiger partial charge in [-0.25, -0.2) is 18.1 Å². The van der Waals surface area contributed by atoms with Gasteiger partial charge < -0.3 is 0 Å². The van der Waals surface area contributed by atoms with Gasteiger partial charge in [-0.1, -0.05) is 0 Å². The molecular weight excluding hydrogens is 400 g/mol. The molecule has 0 amide bonds. The van der Waals surface area contributed by atoms with E-state index in [2.05, 4.69) is 14.7 Å². The summed E-state index contributed by atoms with van der Waals surface area (Å²) in [5.74, 6) is 0. The Kier molecular flexibility index (Phi) is 6.12. The fraction of sp³-hybridized carbons (Fsp3) is 0.222. The molecule has 3 rings (SSSR count). The van der Waals surface area contributed by atoms with E-state index in [0.717, 1.165) is 16.3 Å². The molecule has 28 heavy (non-hydrogen) atoms. The predicted molar refractivity (Wildman–Crippen MR) is 107 cm³/mol. The molecule has 0 aliphatic heterocycles. The summed E-state index contributed by atoms with van der Waals surface area (Å²) in [6, 6.07) is 7.49. The standard InChI is InChI=1S/C18H18N4O4S2/c1-13-11-15(22(23)24)4-5-17(13)28(25,26)20-8-2-3-18-21-16(12-27-18)14-6-9-19-10-7-14/h4-7,9-12,20H,2-3,8H2,1H3. The molecule has 1 aromatic carbocycles. The molecule has 8 nitrogen and oxygen atoms in total. The number of nitrogens with one attached hydrogen (secondary N) is 1. The molecule has 0 saturated carbocycles. The Hall–Kier alpha value is -2.69. The van der Waals surface area contributed by atoms with Gasteiger partial charge in [0.25, 0.3) is 5.69 Å². The molecular formula is C18H18N4O4S2. The van der Waals surface area contributed by atoms with Crippen molar-refractivity contribution in [1.82, 2.24) is 14.7 Å². The molecule has 10 heteroatoms. The van der Waals surface area contributed by atoms with E-state index in [9.17, 15) is 18.5 Å². The third kappa shape index (κ3) is 4.77. The normalized spacial score (nSPS) is 11.5. The van der Waals surface area contributed by atoms with Crippen LogP contribution in [0.25, 0.3) is 11.3 Å². The zero-order valence-electron chi connectivity index (χ0n) is 15.0. The Balaban J connectivity index is 1.56. The monoisotopic (exact) mass is 418 g/mol. The first kappa shape index (κ1) is 20.1. The average molecular weight is 419 g/mol. The third-order valence-electron chi connectivity index (χ3n) is 4.05. The van der Waals surface area contributed by atoms with Crippen LogP contribution in [-0.2, 0) is 16.4 Å². The number of nitro groups is 1. The lowest BCUT2D eigenvalue weighted by Crippen LogP contribution is -2.25. The molecule has 0 saturated heterocycles. The van der Waals surface area contributed by atoms with Crippen molar-refractivity contribution in [2.45, 2.75) is 24.7 Å². The van der Waals surface area contributed by atoms with Crippen LogP contribution in [0.5, 0.6) is 0 Å². The second-order valence-electron chi connectivity index (χ2n) is 6.07. The molecule has 0 spiro atoms. The topological polar surface area (TPSA) is 115 Å². The van der Waals surface area contributed by atoms with Gasteiger partial charge in [0.15, 0.2) is 0 Å². The zero-order valence-corrected chi connectivity index (χ0v) is 16.7. The summed E-state index contributed by atoms with van der Waals surface area (Å²) >= 11 is 1.53. The van der Waals surface area contributed by atoms with Crippen LogP contribution in [0.15, 0.2) is 53.0 Å². The van der Waals surface area contributed by atoms with Gasteiger partial charge in [0.2, 0.25) is 10.0 Å². The number of hydrogen-bond donors (Lipinski definition) is 1. The Bertz CT molecular complexity index is 1080. The van der Waals surface area contributed by atoms with Gasteiger partial charge in [-0.3, -0.25) is 15.1 Å². The van der Waals surface area contributed by atoms with Crippen LogP contribution in [-0.4, -0.2) is 29.9 Å². The number of aromatic nitrogens is 2. The molecule has 0 unspecified atom stereocenters. The van der Waals surface area contributed by atoms with Crippen LogP contribution < -0.4 is 4.72 Å². The summed E-state index contributed by atoms with van der Waals surface area (Å²) in [5.41, 5.74) is 2.07. The van der Waals surface area contributed by atoms with E-state index in [1.54, 1.807) is 12.4 Å². The minimum atomic E-state index is -3.72. The van der Waals surface area contributed by atoms with Crippen LogP contribution >= 0.6 is 11.3 Å². The van der Waals surface area contributed by atoms with Gasteiger partial charge in [-0.05, 0) is 37.1 Å². The second kappa shape index (κ2) is 8.55. The van der Waals surface area contributed by atoms with E-state index in [1.165, 1.54) is 36.5 Å². The van der Waals surface area contributed by atoms with Crippen molar-refractivity contribution >= 4 is 27.0 Å². The second-order valence-corrected chi connectivity index (χ2v) is 8.75. The smallest absolute Gasteiger partial charge is 0.265 e. The Morgan fingerprint density at radius 1 is 1.21 bits per heavy atom. The summed E-state index contributed by atoms with van der Waals surface area (Å²) in [6.45, 7) is 1.79. The Morgan fingerprint density at radius 2 is 1.96 bits per heavy atom. The van der Waals surface area contributed by atoms with Crippen molar-refractivity contribution in [1.29, 1.82) is 0 Å². The van der Waals surface area contributed by atoms with Gasteiger partial charge in [-0.15, -0.1) is 11.3 Å². The summed E-state index contributed by atoms with van der Waals surface area (Å²) in [4.78, 5) is 18.8. The largest absolute Gasteiger partial charge is 0.269 e. The molecule has 0 aliphatic carbocycles. The van der Waals surface area contributed by atoms with Crippen LogP contribution in [0.3, 0.4) is 0 Å². The maximum absolute atomic E-state index is 12.4. The van der Waals surface area contributed by atoms with Gasteiger partial charge in [0.1, 0.15) is 0 Å². The number of non-ortho nitro benzene ring substituents is 1. The average Bonchev–Trinajstić information content (AvgIpc) is 3.14. The fourth-order valence-corrected chi connectivity index (χ4v) is 4.80. The Labute approximate surface area is 166 Å². The molecule has 0 atom stereocenters. The number of sulfonamides is 1. The quantitative estimate of drug-likeness (QED) is 0.341. The van der Waals surface area contributed by atoms with Crippen LogP contribution in [0, 0.1) is 17.0 Å². The van der Waals surface area contributed by atoms with Crippen molar-refractivity contribution in [3.05, 3.63) is 68.8 Å². The van der Waals surface area contributed by atoms with Crippen LogP contribution in [0.1, 0.15) is 17.0 Å². The molecule has 0 aliphatic rings. The zero-order chi connectivity index (χ0) is 20.1. The van der Waals surface area contributed by atoms with Crippen molar-refractivity contribution in [2.24, 2.45) is 0 Å². The van der Waals surface area contributed by atoms with Crippen molar-refractivity contribution in [2.75, 3.05) is 6.54 Å².